The summed E-state index contributed by atoms with van der Waals surface area (Å²) in [7, 11) is 1.19. The van der Waals surface area contributed by atoms with Gasteiger partial charge in [0, 0.05) is 12.8 Å². The minimum atomic E-state index is 0.161. The van der Waals surface area contributed by atoms with E-state index in [0.717, 1.165) is 0 Å². The van der Waals surface area contributed by atoms with Crippen LogP contribution in [-0.4, -0.2) is 47.4 Å². The molecule has 10 heteroatoms. The average Bonchev–Trinajstić information content (AvgIpc) is 2.45. The van der Waals surface area contributed by atoms with E-state index in [9.17, 15) is 19.2 Å². The van der Waals surface area contributed by atoms with Crippen LogP contribution in [0.1, 0.15) is 12.8 Å². The van der Waals surface area contributed by atoms with Crippen molar-refractivity contribution in [2.75, 3.05) is 13.1 Å². The lowest BCUT2D eigenvalue weighted by molar-refractivity contribution is 0.562. The molecule has 0 saturated heterocycles. The molecular weight excluding hydrogens is 304 g/mol. The van der Waals surface area contributed by atoms with Crippen molar-refractivity contribution in [2.45, 2.75) is 12.8 Å². The summed E-state index contributed by atoms with van der Waals surface area (Å²) >= 11 is 0. The molecule has 0 amide bonds. The monoisotopic (exact) mass is 314 g/mol. The van der Waals surface area contributed by atoms with Gasteiger partial charge in [-0.25, -0.2) is 29.2 Å². The first-order valence-electron chi connectivity index (χ1n) is 5.14. The molecule has 0 rings (SSSR count). The first-order valence-corrected chi connectivity index (χ1v) is 7.64. The van der Waals surface area contributed by atoms with Crippen LogP contribution in [0.5, 0.6) is 0 Å². The van der Waals surface area contributed by atoms with Gasteiger partial charge in [-0.05, 0) is 0 Å². The molecule has 0 aliphatic rings. The van der Waals surface area contributed by atoms with Gasteiger partial charge in [-0.1, -0.05) is 0 Å². The standard InChI is InChI=1S/C10H10N4O4S2/c15-5-11-3-1-9(13-7-17)19-20-10(14-8-18)2-4-12-6-16/h19-20H,1-4H2. The summed E-state index contributed by atoms with van der Waals surface area (Å²) in [5.41, 5.74) is 0. The normalized spacial score (nSPS) is 11.2. The molecule has 0 spiro atoms. The Morgan fingerprint density at radius 2 is 1.10 bits per heavy atom. The first-order chi connectivity index (χ1) is 9.78. The highest BCUT2D eigenvalue weighted by Gasteiger charge is 1.96. The molecular formula is C10H10N4O4S2. The lowest BCUT2D eigenvalue weighted by Gasteiger charge is -1.96. The SMILES string of the molecule is O=C=NCCC(N=C=O)=[SH][SH]=C(CCN=C=O)N=C=O. The zero-order valence-electron chi connectivity index (χ0n) is 10.1. The summed E-state index contributed by atoms with van der Waals surface area (Å²) in [4.78, 5) is 54.9. The zero-order chi connectivity index (χ0) is 15.1. The van der Waals surface area contributed by atoms with Gasteiger partial charge in [-0.3, -0.25) is 0 Å². The number of aliphatic imine (C=N–C) groups is 4. The van der Waals surface area contributed by atoms with Crippen LogP contribution >= 0.6 is 20.8 Å². The fraction of sp³-hybridized carbons (Fsp3) is 0.400. The summed E-state index contributed by atoms with van der Waals surface area (Å²) < 4.78 is 0. The second kappa shape index (κ2) is 13.4. The topological polar surface area (TPSA) is 118 Å². The van der Waals surface area contributed by atoms with Crippen LogP contribution in [0.15, 0.2) is 20.0 Å². The summed E-state index contributed by atoms with van der Waals surface area (Å²) in [5, 5.41) is 0. The van der Waals surface area contributed by atoms with E-state index in [0.29, 0.717) is 43.6 Å². The van der Waals surface area contributed by atoms with Crippen molar-refractivity contribution in [3.8, 4) is 0 Å². The Morgan fingerprint density at radius 3 is 1.40 bits per heavy atom. The van der Waals surface area contributed by atoms with Gasteiger partial charge in [0.1, 0.15) is 0 Å². The molecule has 0 aromatic rings. The molecule has 0 saturated carbocycles. The number of isocyanates is 4. The molecule has 0 radical (unpaired) electrons. The van der Waals surface area contributed by atoms with Crippen LogP contribution in [0.3, 0.4) is 0 Å². The highest BCUT2D eigenvalue weighted by molar-refractivity contribution is 8.74. The van der Waals surface area contributed by atoms with Gasteiger partial charge in [0.2, 0.25) is 24.3 Å². The Balaban J connectivity index is 4.98. The average molecular weight is 314 g/mol. The molecule has 0 aliphatic carbocycles. The van der Waals surface area contributed by atoms with E-state index in [1.54, 1.807) is 0 Å². The highest BCUT2D eigenvalue weighted by atomic mass is 33.1. The van der Waals surface area contributed by atoms with E-state index >= 15 is 0 Å². The quantitative estimate of drug-likeness (QED) is 0.230. The second-order valence-electron chi connectivity index (χ2n) is 2.88. The van der Waals surface area contributed by atoms with E-state index in [1.165, 1.54) is 24.3 Å². The van der Waals surface area contributed by atoms with Gasteiger partial charge in [0.05, 0.1) is 23.1 Å². The summed E-state index contributed by atoms with van der Waals surface area (Å²) in [6.07, 6.45) is 6.15. The fourth-order valence-electron chi connectivity index (χ4n) is 0.880. The second-order valence-corrected chi connectivity index (χ2v) is 5.52. The minimum absolute atomic E-state index is 0.161. The van der Waals surface area contributed by atoms with Crippen LogP contribution in [-0.2, 0) is 19.2 Å². The van der Waals surface area contributed by atoms with Crippen molar-refractivity contribution in [2.24, 2.45) is 20.0 Å². The van der Waals surface area contributed by atoms with Crippen molar-refractivity contribution in [1.82, 2.24) is 0 Å². The Morgan fingerprint density at radius 1 is 0.700 bits per heavy atom. The number of rotatable bonds is 7. The van der Waals surface area contributed by atoms with Crippen molar-refractivity contribution in [3.63, 3.8) is 0 Å². The number of hydrogen-bond donors (Lipinski definition) is 2. The molecule has 20 heavy (non-hydrogen) atoms. The van der Waals surface area contributed by atoms with Gasteiger partial charge >= 0.3 is 0 Å². The third kappa shape index (κ3) is 9.94. The predicted octanol–water partition coefficient (Wildman–Crippen LogP) is 0.216. The van der Waals surface area contributed by atoms with Crippen LogP contribution < -0.4 is 0 Å². The Bertz CT molecular complexity index is 524. The van der Waals surface area contributed by atoms with E-state index in [2.05, 4.69) is 20.0 Å². The van der Waals surface area contributed by atoms with E-state index in [1.807, 2.05) is 0 Å². The van der Waals surface area contributed by atoms with E-state index in [-0.39, 0.29) is 13.1 Å². The third-order valence-corrected chi connectivity index (χ3v) is 4.55. The molecule has 0 unspecified atom stereocenters. The highest BCUT2D eigenvalue weighted by Crippen LogP contribution is 2.12. The number of carbonyl (C=O) groups excluding carboxylic acids is 4. The van der Waals surface area contributed by atoms with Crippen molar-refractivity contribution < 1.29 is 19.2 Å². The predicted molar refractivity (Wildman–Crippen MR) is 79.4 cm³/mol. The van der Waals surface area contributed by atoms with Crippen molar-refractivity contribution >= 4 is 55.1 Å². The molecule has 106 valence electrons. The largest absolute Gasteiger partial charge is 0.240 e. The maximum Gasteiger partial charge on any atom is 0.240 e. The minimum Gasteiger partial charge on any atom is -0.211 e. The van der Waals surface area contributed by atoms with Crippen LogP contribution in [0, 0.1) is 0 Å². The molecule has 0 aromatic heterocycles. The zero-order valence-corrected chi connectivity index (χ0v) is 11.9. The summed E-state index contributed by atoms with van der Waals surface area (Å²) in [6, 6.07) is 0. The lowest BCUT2D eigenvalue weighted by Crippen LogP contribution is -1.95. The van der Waals surface area contributed by atoms with Gasteiger partial charge in [0.15, 0.2) is 0 Å². The van der Waals surface area contributed by atoms with Gasteiger partial charge in [0.25, 0.3) is 0 Å². The molecule has 0 fully saturated rings. The van der Waals surface area contributed by atoms with Crippen LogP contribution in [0.2, 0.25) is 0 Å². The molecule has 0 bridgehead atoms. The first kappa shape index (κ1) is 18.0. The Hall–Kier alpha value is -2.04. The third-order valence-electron chi connectivity index (χ3n) is 1.65. The number of hydrogen-bond acceptors (Lipinski definition) is 6. The molecule has 0 aromatic carbocycles. The van der Waals surface area contributed by atoms with Gasteiger partial charge < -0.3 is 0 Å². The van der Waals surface area contributed by atoms with Gasteiger partial charge in [-0.15, -0.1) is 20.8 Å². The van der Waals surface area contributed by atoms with Crippen LogP contribution in [0.25, 0.3) is 0 Å². The smallest absolute Gasteiger partial charge is 0.211 e. The van der Waals surface area contributed by atoms with Crippen molar-refractivity contribution in [3.05, 3.63) is 0 Å². The van der Waals surface area contributed by atoms with Crippen molar-refractivity contribution in [1.29, 1.82) is 0 Å². The number of thiol groups is 2. The summed E-state index contributed by atoms with van der Waals surface area (Å²) in [6.45, 7) is 0.322. The molecule has 0 N–H and O–H groups in total. The Labute approximate surface area is 120 Å². The maximum atomic E-state index is 10.3. The molecule has 8 nitrogen and oxygen atoms in total. The van der Waals surface area contributed by atoms with Crippen LogP contribution in [0.4, 0.5) is 0 Å². The van der Waals surface area contributed by atoms with E-state index in [4.69, 9.17) is 0 Å². The lowest BCUT2D eigenvalue weighted by atomic mass is 10.4. The Kier molecular flexibility index (Phi) is 12.0. The fourth-order valence-corrected chi connectivity index (χ4v) is 3.24. The maximum absolute atomic E-state index is 10.3. The molecule has 0 aliphatic heterocycles. The van der Waals surface area contributed by atoms with E-state index < -0.39 is 0 Å². The van der Waals surface area contributed by atoms with Gasteiger partial charge in [-0.2, -0.15) is 9.98 Å². The molecule has 0 atom stereocenters. The summed E-state index contributed by atoms with van der Waals surface area (Å²) in [5.74, 6) is 0. The molecule has 0 heterocycles. The number of nitrogens with zero attached hydrogens (tertiary/aromatic N) is 4.